The molecule has 0 spiro atoms. The summed E-state index contributed by atoms with van der Waals surface area (Å²) in [6, 6.07) is 7.94. The summed E-state index contributed by atoms with van der Waals surface area (Å²) in [5.74, 6) is 0. The molecular formula is C12H14N2. The number of aryl methyl sites for hydroxylation is 2. The molecule has 0 aromatic heterocycles. The summed E-state index contributed by atoms with van der Waals surface area (Å²) in [6.07, 6.45) is 0. The van der Waals surface area contributed by atoms with Gasteiger partial charge in [-0.1, -0.05) is 6.07 Å². The molecular weight excluding hydrogens is 172 g/mol. The molecule has 2 aromatic rings. The van der Waals surface area contributed by atoms with Crippen LogP contribution < -0.4 is 11.5 Å². The predicted octanol–water partition coefficient (Wildman–Crippen LogP) is 2.62. The van der Waals surface area contributed by atoms with Crippen LogP contribution >= 0.6 is 0 Å². The lowest BCUT2D eigenvalue weighted by atomic mass is 9.99. The Bertz CT molecular complexity index is 501. The van der Waals surface area contributed by atoms with Crippen molar-refractivity contribution in [2.24, 2.45) is 0 Å². The van der Waals surface area contributed by atoms with Crippen LogP contribution in [-0.4, -0.2) is 0 Å². The van der Waals surface area contributed by atoms with Crippen molar-refractivity contribution in [3.63, 3.8) is 0 Å². The van der Waals surface area contributed by atoms with Gasteiger partial charge < -0.3 is 11.5 Å². The highest BCUT2D eigenvalue weighted by atomic mass is 14.6. The normalized spacial score (nSPS) is 10.7. The van der Waals surface area contributed by atoms with Crippen molar-refractivity contribution < 1.29 is 0 Å². The molecule has 0 heterocycles. The first-order chi connectivity index (χ1) is 6.59. The third kappa shape index (κ3) is 1.20. The molecule has 2 heteroatoms. The number of hydrogen-bond acceptors (Lipinski definition) is 2. The lowest BCUT2D eigenvalue weighted by Gasteiger charge is -2.09. The van der Waals surface area contributed by atoms with E-state index < -0.39 is 0 Å². The molecule has 0 aliphatic heterocycles. The summed E-state index contributed by atoms with van der Waals surface area (Å²) in [6.45, 7) is 4.09. The number of nitrogen functional groups attached to an aromatic ring is 2. The number of fused-ring (bicyclic) bond motifs is 1. The van der Waals surface area contributed by atoms with Gasteiger partial charge in [-0.15, -0.1) is 0 Å². The van der Waals surface area contributed by atoms with Gasteiger partial charge in [-0.2, -0.15) is 0 Å². The van der Waals surface area contributed by atoms with Gasteiger partial charge in [0.1, 0.15) is 0 Å². The maximum absolute atomic E-state index is 5.89. The van der Waals surface area contributed by atoms with E-state index in [0.29, 0.717) is 0 Å². The van der Waals surface area contributed by atoms with E-state index in [1.165, 1.54) is 16.3 Å². The van der Waals surface area contributed by atoms with Crippen LogP contribution in [0.5, 0.6) is 0 Å². The molecule has 0 saturated heterocycles. The highest BCUT2D eigenvalue weighted by molar-refractivity contribution is 5.93. The van der Waals surface area contributed by atoms with Gasteiger partial charge in [0, 0.05) is 11.4 Å². The zero-order chi connectivity index (χ0) is 10.3. The maximum atomic E-state index is 5.89. The van der Waals surface area contributed by atoms with Crippen LogP contribution in [0, 0.1) is 13.8 Å². The number of rotatable bonds is 0. The minimum Gasteiger partial charge on any atom is -0.399 e. The average Bonchev–Trinajstić information content (AvgIpc) is 2.14. The molecule has 0 fully saturated rings. The number of nitrogens with two attached hydrogens (primary N) is 2. The van der Waals surface area contributed by atoms with Crippen LogP contribution in [0.3, 0.4) is 0 Å². The van der Waals surface area contributed by atoms with E-state index >= 15 is 0 Å². The largest absolute Gasteiger partial charge is 0.399 e. The van der Waals surface area contributed by atoms with E-state index in [0.717, 1.165) is 16.9 Å². The zero-order valence-electron chi connectivity index (χ0n) is 8.46. The Morgan fingerprint density at radius 2 is 1.64 bits per heavy atom. The first-order valence-corrected chi connectivity index (χ1v) is 4.64. The van der Waals surface area contributed by atoms with Crippen molar-refractivity contribution in [3.05, 3.63) is 35.4 Å². The van der Waals surface area contributed by atoms with Crippen LogP contribution in [0.25, 0.3) is 10.8 Å². The van der Waals surface area contributed by atoms with Crippen LogP contribution in [0.4, 0.5) is 11.4 Å². The zero-order valence-corrected chi connectivity index (χ0v) is 8.46. The van der Waals surface area contributed by atoms with Crippen LogP contribution in [0.1, 0.15) is 11.1 Å². The second-order valence-corrected chi connectivity index (χ2v) is 3.71. The molecule has 0 aliphatic carbocycles. The molecule has 0 radical (unpaired) electrons. The van der Waals surface area contributed by atoms with Gasteiger partial charge in [-0.25, -0.2) is 0 Å². The van der Waals surface area contributed by atoms with E-state index in [-0.39, 0.29) is 0 Å². The van der Waals surface area contributed by atoms with E-state index in [1.807, 2.05) is 31.2 Å². The molecule has 2 nitrogen and oxygen atoms in total. The number of hydrogen-bond donors (Lipinski definition) is 2. The average molecular weight is 186 g/mol. The van der Waals surface area contributed by atoms with Gasteiger partial charge in [0.15, 0.2) is 0 Å². The summed E-state index contributed by atoms with van der Waals surface area (Å²) in [7, 11) is 0. The number of benzene rings is 2. The SMILES string of the molecule is Cc1cc(N)c(C)c2ccc(N)cc12. The molecule has 0 amide bonds. The van der Waals surface area contributed by atoms with Gasteiger partial charge in [-0.05, 0) is 53.9 Å². The van der Waals surface area contributed by atoms with Gasteiger partial charge in [0.05, 0.1) is 0 Å². The molecule has 72 valence electrons. The smallest absolute Gasteiger partial charge is 0.0352 e. The van der Waals surface area contributed by atoms with Crippen molar-refractivity contribution in [1.29, 1.82) is 0 Å². The van der Waals surface area contributed by atoms with Crippen molar-refractivity contribution in [3.8, 4) is 0 Å². The number of anilines is 2. The summed E-state index contributed by atoms with van der Waals surface area (Å²) in [4.78, 5) is 0. The fourth-order valence-corrected chi connectivity index (χ4v) is 1.79. The molecule has 0 atom stereocenters. The Kier molecular flexibility index (Phi) is 1.84. The Hall–Kier alpha value is -1.70. The van der Waals surface area contributed by atoms with Crippen LogP contribution in [0.2, 0.25) is 0 Å². The summed E-state index contributed by atoms with van der Waals surface area (Å²) in [5, 5.41) is 2.38. The van der Waals surface area contributed by atoms with Crippen molar-refractivity contribution in [2.75, 3.05) is 11.5 Å². The maximum Gasteiger partial charge on any atom is 0.0352 e. The molecule has 0 saturated carbocycles. The van der Waals surface area contributed by atoms with E-state index in [2.05, 4.69) is 6.92 Å². The third-order valence-corrected chi connectivity index (χ3v) is 2.68. The Labute approximate surface area is 83.5 Å². The fourth-order valence-electron chi connectivity index (χ4n) is 1.79. The fraction of sp³-hybridized carbons (Fsp3) is 0.167. The van der Waals surface area contributed by atoms with Gasteiger partial charge in [0.2, 0.25) is 0 Å². The van der Waals surface area contributed by atoms with Crippen molar-refractivity contribution in [2.45, 2.75) is 13.8 Å². The Morgan fingerprint density at radius 3 is 2.36 bits per heavy atom. The molecule has 4 N–H and O–H groups in total. The van der Waals surface area contributed by atoms with Crippen LogP contribution in [-0.2, 0) is 0 Å². The lowest BCUT2D eigenvalue weighted by molar-refractivity contribution is 1.46. The second-order valence-electron chi connectivity index (χ2n) is 3.71. The third-order valence-electron chi connectivity index (χ3n) is 2.68. The second kappa shape index (κ2) is 2.91. The molecule has 14 heavy (non-hydrogen) atoms. The first kappa shape index (κ1) is 8.88. The summed E-state index contributed by atoms with van der Waals surface area (Å²) >= 11 is 0. The van der Waals surface area contributed by atoms with E-state index in [4.69, 9.17) is 11.5 Å². The molecule has 2 rings (SSSR count). The Morgan fingerprint density at radius 1 is 0.929 bits per heavy atom. The quantitative estimate of drug-likeness (QED) is 0.621. The minimum atomic E-state index is 0.796. The highest BCUT2D eigenvalue weighted by Crippen LogP contribution is 2.28. The predicted molar refractivity (Wildman–Crippen MR) is 62.2 cm³/mol. The van der Waals surface area contributed by atoms with Crippen molar-refractivity contribution in [1.82, 2.24) is 0 Å². The summed E-state index contributed by atoms with van der Waals surface area (Å²) in [5.41, 5.74) is 15.6. The van der Waals surface area contributed by atoms with Gasteiger partial charge in [-0.3, -0.25) is 0 Å². The van der Waals surface area contributed by atoms with Gasteiger partial charge >= 0.3 is 0 Å². The van der Waals surface area contributed by atoms with Crippen LogP contribution in [0.15, 0.2) is 24.3 Å². The standard InChI is InChI=1S/C12H14N2/c1-7-5-12(14)8(2)10-4-3-9(13)6-11(7)10/h3-6H,13-14H2,1-2H3. The van der Waals surface area contributed by atoms with Gasteiger partial charge in [0.25, 0.3) is 0 Å². The lowest BCUT2D eigenvalue weighted by Crippen LogP contribution is -1.94. The summed E-state index contributed by atoms with van der Waals surface area (Å²) < 4.78 is 0. The Balaban J connectivity index is 2.94. The first-order valence-electron chi connectivity index (χ1n) is 4.64. The molecule has 0 unspecified atom stereocenters. The minimum absolute atomic E-state index is 0.796. The molecule has 0 bridgehead atoms. The topological polar surface area (TPSA) is 52.0 Å². The van der Waals surface area contributed by atoms with E-state index in [1.54, 1.807) is 0 Å². The monoisotopic (exact) mass is 186 g/mol. The molecule has 2 aromatic carbocycles. The van der Waals surface area contributed by atoms with Crippen molar-refractivity contribution >= 4 is 22.1 Å². The highest BCUT2D eigenvalue weighted by Gasteiger charge is 2.04. The van der Waals surface area contributed by atoms with E-state index in [9.17, 15) is 0 Å². The molecule has 0 aliphatic rings.